The normalized spacial score (nSPS) is 20.0. The van der Waals surface area contributed by atoms with Gasteiger partial charge in [0.25, 0.3) is 0 Å². The Hall–Kier alpha value is -1.18. The van der Waals surface area contributed by atoms with Crippen molar-refractivity contribution in [3.63, 3.8) is 0 Å². The van der Waals surface area contributed by atoms with E-state index in [2.05, 4.69) is 4.98 Å². The number of rotatable bonds is 5. The van der Waals surface area contributed by atoms with Crippen LogP contribution in [0.5, 0.6) is 0 Å². The van der Waals surface area contributed by atoms with Crippen LogP contribution in [0.1, 0.15) is 13.3 Å². The lowest BCUT2D eigenvalue weighted by Gasteiger charge is -2.23. The van der Waals surface area contributed by atoms with Crippen molar-refractivity contribution in [1.82, 2.24) is 9.29 Å². The van der Waals surface area contributed by atoms with Gasteiger partial charge in [-0.1, -0.05) is 6.92 Å². The van der Waals surface area contributed by atoms with Gasteiger partial charge in [-0.2, -0.15) is 4.31 Å². The molecule has 0 radical (unpaired) electrons. The van der Waals surface area contributed by atoms with Crippen molar-refractivity contribution >= 4 is 15.8 Å². The number of hydrogen-bond acceptors (Lipinski definition) is 5. The molecule has 6 nitrogen and oxygen atoms in total. The molecule has 1 aromatic heterocycles. The van der Waals surface area contributed by atoms with Gasteiger partial charge >= 0.3 is 0 Å². The summed E-state index contributed by atoms with van der Waals surface area (Å²) in [6.07, 6.45) is 2.21. The number of ether oxygens (including phenoxy) is 1. The van der Waals surface area contributed by atoms with Crippen molar-refractivity contribution in [1.29, 1.82) is 0 Å². The Labute approximate surface area is 113 Å². The first-order valence-corrected chi connectivity index (χ1v) is 7.77. The van der Waals surface area contributed by atoms with Crippen LogP contribution in [0.4, 0.5) is 5.82 Å². The molecule has 1 saturated heterocycles. The highest BCUT2D eigenvalue weighted by atomic mass is 32.2. The standard InChI is InChI=1S/C12H19N3O3S/c1-2-15(8-10-5-6-18-9-10)19(16,17)11-3-4-12(13)14-7-11/h3-4,7,10H,2,5-6,8-9H2,1H3,(H2,13,14). The second-order valence-electron chi connectivity index (χ2n) is 4.60. The first-order chi connectivity index (χ1) is 9.04. The van der Waals surface area contributed by atoms with Gasteiger partial charge < -0.3 is 10.5 Å². The quantitative estimate of drug-likeness (QED) is 0.861. The molecule has 2 heterocycles. The van der Waals surface area contributed by atoms with Crippen molar-refractivity contribution in [2.45, 2.75) is 18.2 Å². The van der Waals surface area contributed by atoms with Crippen LogP contribution in [0.3, 0.4) is 0 Å². The van der Waals surface area contributed by atoms with Crippen LogP contribution in [0.2, 0.25) is 0 Å². The van der Waals surface area contributed by atoms with Crippen LogP contribution in [-0.2, 0) is 14.8 Å². The van der Waals surface area contributed by atoms with Crippen molar-refractivity contribution in [2.24, 2.45) is 5.92 Å². The van der Waals surface area contributed by atoms with Gasteiger partial charge in [-0.15, -0.1) is 0 Å². The number of nitrogens with zero attached hydrogens (tertiary/aromatic N) is 2. The summed E-state index contributed by atoms with van der Waals surface area (Å²) in [5.41, 5.74) is 5.47. The van der Waals surface area contributed by atoms with E-state index in [1.165, 1.54) is 22.6 Å². The molecule has 0 spiro atoms. The average molecular weight is 285 g/mol. The smallest absolute Gasteiger partial charge is 0.244 e. The summed E-state index contributed by atoms with van der Waals surface area (Å²) in [6, 6.07) is 2.99. The van der Waals surface area contributed by atoms with E-state index in [0.717, 1.165) is 6.42 Å². The van der Waals surface area contributed by atoms with Crippen molar-refractivity contribution in [3.8, 4) is 0 Å². The number of aromatic nitrogens is 1. The number of pyridine rings is 1. The minimum absolute atomic E-state index is 0.183. The molecular formula is C12H19N3O3S. The van der Waals surface area contributed by atoms with Crippen molar-refractivity contribution < 1.29 is 13.2 Å². The Bertz CT molecular complexity index is 510. The number of anilines is 1. The lowest BCUT2D eigenvalue weighted by Crippen LogP contribution is -2.35. The molecule has 2 rings (SSSR count). The zero-order chi connectivity index (χ0) is 13.9. The molecule has 0 amide bonds. The first-order valence-electron chi connectivity index (χ1n) is 6.33. The molecule has 2 N–H and O–H groups in total. The van der Waals surface area contributed by atoms with Crippen LogP contribution in [0, 0.1) is 5.92 Å². The lowest BCUT2D eigenvalue weighted by atomic mass is 10.1. The summed E-state index contributed by atoms with van der Waals surface area (Å²) in [4.78, 5) is 4.02. The minimum atomic E-state index is -3.50. The van der Waals surface area contributed by atoms with Gasteiger partial charge in [-0.25, -0.2) is 13.4 Å². The number of nitrogen functional groups attached to an aromatic ring is 1. The van der Waals surface area contributed by atoms with Gasteiger partial charge in [0, 0.05) is 25.9 Å². The Morgan fingerprint density at radius 3 is 2.84 bits per heavy atom. The molecule has 19 heavy (non-hydrogen) atoms. The maximum absolute atomic E-state index is 12.5. The third-order valence-corrected chi connectivity index (χ3v) is 5.16. The van der Waals surface area contributed by atoms with Crippen LogP contribution in [0.15, 0.2) is 23.2 Å². The lowest BCUT2D eigenvalue weighted by molar-refractivity contribution is 0.181. The molecule has 1 unspecified atom stereocenters. The van der Waals surface area contributed by atoms with Gasteiger partial charge in [-0.05, 0) is 24.5 Å². The Morgan fingerprint density at radius 2 is 2.32 bits per heavy atom. The highest BCUT2D eigenvalue weighted by Gasteiger charge is 2.27. The largest absolute Gasteiger partial charge is 0.384 e. The first kappa shape index (κ1) is 14.2. The minimum Gasteiger partial charge on any atom is -0.384 e. The van der Waals surface area contributed by atoms with Gasteiger partial charge in [-0.3, -0.25) is 0 Å². The summed E-state index contributed by atoms with van der Waals surface area (Å²) in [5, 5.41) is 0. The monoisotopic (exact) mass is 285 g/mol. The summed E-state index contributed by atoms with van der Waals surface area (Å²) >= 11 is 0. The van der Waals surface area contributed by atoms with E-state index in [0.29, 0.717) is 32.1 Å². The van der Waals surface area contributed by atoms with E-state index in [4.69, 9.17) is 10.5 Å². The molecule has 0 bridgehead atoms. The van der Waals surface area contributed by atoms with Crippen molar-refractivity contribution in [2.75, 3.05) is 32.0 Å². The predicted molar refractivity (Wildman–Crippen MR) is 72.0 cm³/mol. The predicted octanol–water partition coefficient (Wildman–Crippen LogP) is 0.711. The Kier molecular flexibility index (Phi) is 4.38. The summed E-state index contributed by atoms with van der Waals surface area (Å²) < 4.78 is 31.7. The van der Waals surface area contributed by atoms with Crippen molar-refractivity contribution in [3.05, 3.63) is 18.3 Å². The number of hydrogen-bond donors (Lipinski definition) is 1. The fourth-order valence-electron chi connectivity index (χ4n) is 2.11. The molecule has 1 aliphatic rings. The Balaban J connectivity index is 2.17. The van der Waals surface area contributed by atoms with E-state index in [1.54, 1.807) is 0 Å². The highest BCUT2D eigenvalue weighted by Crippen LogP contribution is 2.20. The second kappa shape index (κ2) is 5.85. The topological polar surface area (TPSA) is 85.5 Å². The van der Waals surface area contributed by atoms with Crippen LogP contribution >= 0.6 is 0 Å². The van der Waals surface area contributed by atoms with Crippen LogP contribution in [-0.4, -0.2) is 44.0 Å². The average Bonchev–Trinajstić information content (AvgIpc) is 2.89. The van der Waals surface area contributed by atoms with Gasteiger partial charge in [0.2, 0.25) is 10.0 Å². The molecule has 1 aromatic rings. The van der Waals surface area contributed by atoms with Crippen LogP contribution < -0.4 is 5.73 Å². The van der Waals surface area contributed by atoms with E-state index < -0.39 is 10.0 Å². The summed E-state index contributed by atoms with van der Waals surface area (Å²) in [7, 11) is -3.50. The van der Waals surface area contributed by atoms with Gasteiger partial charge in [0.15, 0.2) is 0 Å². The number of sulfonamides is 1. The Morgan fingerprint density at radius 1 is 1.53 bits per heavy atom. The SMILES string of the molecule is CCN(CC1CCOC1)S(=O)(=O)c1ccc(N)nc1. The summed E-state index contributed by atoms with van der Waals surface area (Å²) in [5.74, 6) is 0.586. The molecule has 1 aliphatic heterocycles. The molecule has 1 atom stereocenters. The van der Waals surface area contributed by atoms with Gasteiger partial charge in [0.1, 0.15) is 10.7 Å². The maximum Gasteiger partial charge on any atom is 0.244 e. The second-order valence-corrected chi connectivity index (χ2v) is 6.54. The van der Waals surface area contributed by atoms with Gasteiger partial charge in [0.05, 0.1) is 6.61 Å². The molecule has 0 aliphatic carbocycles. The molecule has 106 valence electrons. The number of nitrogens with two attached hydrogens (primary N) is 1. The molecule has 7 heteroatoms. The fraction of sp³-hybridized carbons (Fsp3) is 0.583. The van der Waals surface area contributed by atoms with E-state index in [9.17, 15) is 8.42 Å². The zero-order valence-electron chi connectivity index (χ0n) is 10.9. The molecular weight excluding hydrogens is 266 g/mol. The molecule has 0 aromatic carbocycles. The molecule has 1 fully saturated rings. The summed E-state index contributed by atoms with van der Waals surface area (Å²) in [6.45, 7) is 4.10. The fourth-order valence-corrected chi connectivity index (χ4v) is 3.58. The third-order valence-electron chi connectivity index (χ3n) is 3.24. The van der Waals surface area contributed by atoms with Crippen LogP contribution in [0.25, 0.3) is 0 Å². The molecule has 0 saturated carbocycles. The van der Waals surface area contributed by atoms with E-state index >= 15 is 0 Å². The van der Waals surface area contributed by atoms with E-state index in [1.807, 2.05) is 6.92 Å². The van der Waals surface area contributed by atoms with E-state index in [-0.39, 0.29) is 10.8 Å². The zero-order valence-corrected chi connectivity index (χ0v) is 11.8. The third kappa shape index (κ3) is 3.23. The maximum atomic E-state index is 12.5. The highest BCUT2D eigenvalue weighted by molar-refractivity contribution is 7.89.